The van der Waals surface area contributed by atoms with Crippen molar-refractivity contribution in [2.45, 2.75) is 26.6 Å². The van der Waals surface area contributed by atoms with Crippen molar-refractivity contribution in [2.24, 2.45) is 0 Å². The molecule has 0 saturated carbocycles. The second kappa shape index (κ2) is 6.46. The number of ether oxygens (including phenoxy) is 1. The van der Waals surface area contributed by atoms with Gasteiger partial charge in [0, 0.05) is 12.7 Å². The number of phosphoric acid groups is 1. The van der Waals surface area contributed by atoms with Crippen LogP contribution in [0.3, 0.4) is 0 Å². The molecule has 122 valence electrons. The Bertz CT molecular complexity index is 772. The molecule has 5 nitrogen and oxygen atoms in total. The molecule has 1 unspecified atom stereocenters. The monoisotopic (exact) mass is 334 g/mol. The second-order valence-electron chi connectivity index (χ2n) is 5.39. The SMILES string of the molecule is CCc1ccc2c(c1)COc1cc(COP(=O)(O)OC)ccc1-2. The second-order valence-corrected chi connectivity index (χ2v) is 6.95. The minimum Gasteiger partial charge on any atom is -0.488 e. The van der Waals surface area contributed by atoms with Crippen molar-refractivity contribution in [3.63, 3.8) is 0 Å². The maximum atomic E-state index is 11.3. The van der Waals surface area contributed by atoms with Crippen LogP contribution in [0.25, 0.3) is 11.1 Å². The Morgan fingerprint density at radius 3 is 2.65 bits per heavy atom. The first-order valence-electron chi connectivity index (χ1n) is 7.43. The number of hydrogen-bond donors (Lipinski definition) is 1. The van der Waals surface area contributed by atoms with Gasteiger partial charge in [0.25, 0.3) is 0 Å². The fourth-order valence-electron chi connectivity index (χ4n) is 2.61. The summed E-state index contributed by atoms with van der Waals surface area (Å²) in [4.78, 5) is 9.28. The summed E-state index contributed by atoms with van der Waals surface area (Å²) >= 11 is 0. The van der Waals surface area contributed by atoms with Gasteiger partial charge < -0.3 is 9.63 Å². The van der Waals surface area contributed by atoms with Crippen molar-refractivity contribution in [3.05, 3.63) is 53.1 Å². The van der Waals surface area contributed by atoms with Gasteiger partial charge in [-0.1, -0.05) is 37.3 Å². The van der Waals surface area contributed by atoms with Gasteiger partial charge in [-0.15, -0.1) is 0 Å². The highest BCUT2D eigenvalue weighted by Gasteiger charge is 2.20. The Morgan fingerprint density at radius 1 is 1.17 bits per heavy atom. The lowest BCUT2D eigenvalue weighted by atomic mass is 9.94. The highest BCUT2D eigenvalue weighted by atomic mass is 31.2. The summed E-state index contributed by atoms with van der Waals surface area (Å²) in [7, 11) is -2.83. The van der Waals surface area contributed by atoms with E-state index in [1.54, 1.807) is 0 Å². The zero-order valence-corrected chi connectivity index (χ0v) is 14.0. The zero-order chi connectivity index (χ0) is 16.4. The Morgan fingerprint density at radius 2 is 1.91 bits per heavy atom. The molecule has 3 rings (SSSR count). The lowest BCUT2D eigenvalue weighted by Gasteiger charge is -2.22. The molecule has 0 aromatic heterocycles. The molecule has 0 spiro atoms. The van der Waals surface area contributed by atoms with Crippen molar-refractivity contribution in [1.82, 2.24) is 0 Å². The summed E-state index contributed by atoms with van der Waals surface area (Å²) in [6.07, 6.45) is 0.997. The van der Waals surface area contributed by atoms with E-state index < -0.39 is 7.82 Å². The molecular weight excluding hydrogens is 315 g/mol. The van der Waals surface area contributed by atoms with Crippen LogP contribution in [0.15, 0.2) is 36.4 Å². The number of hydrogen-bond acceptors (Lipinski definition) is 4. The average molecular weight is 334 g/mol. The highest BCUT2D eigenvalue weighted by molar-refractivity contribution is 7.47. The summed E-state index contributed by atoms with van der Waals surface area (Å²) in [5.41, 5.74) is 5.42. The van der Waals surface area contributed by atoms with Crippen molar-refractivity contribution >= 4 is 7.82 Å². The van der Waals surface area contributed by atoms with Crippen LogP contribution < -0.4 is 4.74 Å². The molecule has 6 heteroatoms. The van der Waals surface area contributed by atoms with Gasteiger partial charge in [0.1, 0.15) is 12.4 Å². The molecule has 1 atom stereocenters. The van der Waals surface area contributed by atoms with Crippen LogP contribution in [-0.4, -0.2) is 12.0 Å². The number of rotatable bonds is 5. The van der Waals surface area contributed by atoms with E-state index >= 15 is 0 Å². The summed E-state index contributed by atoms with van der Waals surface area (Å²) in [5, 5.41) is 0. The van der Waals surface area contributed by atoms with Crippen LogP contribution >= 0.6 is 7.82 Å². The molecule has 2 aromatic rings. The molecule has 0 saturated heterocycles. The number of benzene rings is 2. The molecule has 1 N–H and O–H groups in total. The van der Waals surface area contributed by atoms with Crippen LogP contribution in [0.1, 0.15) is 23.6 Å². The largest absolute Gasteiger partial charge is 0.488 e. The Labute approximate surface area is 135 Å². The third kappa shape index (κ3) is 3.48. The van der Waals surface area contributed by atoms with Crippen molar-refractivity contribution in [2.75, 3.05) is 7.11 Å². The fourth-order valence-corrected chi connectivity index (χ4v) is 3.03. The zero-order valence-electron chi connectivity index (χ0n) is 13.1. The van der Waals surface area contributed by atoms with Gasteiger partial charge in [0.2, 0.25) is 0 Å². The molecule has 1 aliphatic heterocycles. The smallest absolute Gasteiger partial charge is 0.472 e. The first-order valence-corrected chi connectivity index (χ1v) is 8.93. The van der Waals surface area contributed by atoms with Gasteiger partial charge in [-0.05, 0) is 34.7 Å². The van der Waals surface area contributed by atoms with Crippen LogP contribution in [0, 0.1) is 0 Å². The number of aryl methyl sites for hydroxylation is 1. The topological polar surface area (TPSA) is 65.0 Å². The van der Waals surface area contributed by atoms with E-state index in [-0.39, 0.29) is 6.61 Å². The van der Waals surface area contributed by atoms with E-state index in [9.17, 15) is 9.46 Å². The van der Waals surface area contributed by atoms with Crippen molar-refractivity contribution in [1.29, 1.82) is 0 Å². The van der Waals surface area contributed by atoms with E-state index in [1.807, 2.05) is 18.2 Å². The fraction of sp³-hybridized carbons (Fsp3) is 0.294. The molecule has 1 aliphatic rings. The summed E-state index contributed by atoms with van der Waals surface area (Å²) in [6.45, 7) is 2.64. The molecule has 0 amide bonds. The van der Waals surface area contributed by atoms with E-state index in [0.29, 0.717) is 6.61 Å². The maximum absolute atomic E-state index is 11.3. The quantitative estimate of drug-likeness (QED) is 0.835. The Kier molecular flexibility index (Phi) is 4.55. The predicted molar refractivity (Wildman–Crippen MR) is 87.2 cm³/mol. The summed E-state index contributed by atoms with van der Waals surface area (Å²) < 4.78 is 26.5. The van der Waals surface area contributed by atoms with Gasteiger partial charge in [0.05, 0.1) is 6.61 Å². The van der Waals surface area contributed by atoms with Gasteiger partial charge in [-0.2, -0.15) is 0 Å². The average Bonchev–Trinajstić information content (AvgIpc) is 2.59. The highest BCUT2D eigenvalue weighted by Crippen LogP contribution is 2.44. The number of phosphoric ester groups is 1. The summed E-state index contributed by atoms with van der Waals surface area (Å²) in [5.74, 6) is 0.757. The molecular formula is C17H19O5P. The maximum Gasteiger partial charge on any atom is 0.472 e. The summed E-state index contributed by atoms with van der Waals surface area (Å²) in [6, 6.07) is 12.1. The lowest BCUT2D eigenvalue weighted by Crippen LogP contribution is -2.06. The van der Waals surface area contributed by atoms with Gasteiger partial charge >= 0.3 is 7.82 Å². The molecule has 2 aromatic carbocycles. The van der Waals surface area contributed by atoms with Crippen molar-refractivity contribution in [3.8, 4) is 16.9 Å². The number of fused-ring (bicyclic) bond motifs is 3. The molecule has 0 fully saturated rings. The Hall–Kier alpha value is -1.65. The van der Waals surface area contributed by atoms with Crippen LogP contribution in [0.4, 0.5) is 0 Å². The van der Waals surface area contributed by atoms with E-state index in [2.05, 4.69) is 29.6 Å². The molecule has 23 heavy (non-hydrogen) atoms. The predicted octanol–water partition coefficient (Wildman–Crippen LogP) is 4.07. The lowest BCUT2D eigenvalue weighted by molar-refractivity contribution is 0.166. The van der Waals surface area contributed by atoms with E-state index in [0.717, 1.165) is 30.4 Å². The third-order valence-electron chi connectivity index (χ3n) is 3.92. The molecule has 0 aliphatic carbocycles. The Balaban J connectivity index is 1.86. The van der Waals surface area contributed by atoms with E-state index in [1.165, 1.54) is 16.7 Å². The normalized spacial score (nSPS) is 15.3. The minimum atomic E-state index is -3.97. The third-order valence-corrected chi connectivity index (χ3v) is 4.84. The van der Waals surface area contributed by atoms with Gasteiger partial charge in [-0.3, -0.25) is 9.05 Å². The van der Waals surface area contributed by atoms with E-state index in [4.69, 9.17) is 9.26 Å². The van der Waals surface area contributed by atoms with Crippen LogP contribution in [0.5, 0.6) is 5.75 Å². The molecule has 0 bridgehead atoms. The van der Waals surface area contributed by atoms with Crippen LogP contribution in [-0.2, 0) is 33.2 Å². The van der Waals surface area contributed by atoms with Gasteiger partial charge in [-0.25, -0.2) is 4.57 Å². The molecule has 0 radical (unpaired) electrons. The van der Waals surface area contributed by atoms with Crippen LogP contribution in [0.2, 0.25) is 0 Å². The minimum absolute atomic E-state index is 0.0140. The molecule has 1 heterocycles. The van der Waals surface area contributed by atoms with Crippen molar-refractivity contribution < 1.29 is 23.2 Å². The van der Waals surface area contributed by atoms with Gasteiger partial charge in [0.15, 0.2) is 0 Å². The standard InChI is InChI=1S/C17H19O5P/c1-3-12-4-6-15-14(8-12)11-21-17-9-13(5-7-16(15)17)10-22-23(18,19)20-2/h4-9H,3,10-11H2,1-2H3,(H,18,19). The first kappa shape index (κ1) is 16.2. The first-order chi connectivity index (χ1) is 11.0.